The lowest BCUT2D eigenvalue weighted by atomic mass is 9.98. The summed E-state index contributed by atoms with van der Waals surface area (Å²) in [5.41, 5.74) is 17.9. The first-order valence-corrected chi connectivity index (χ1v) is 13.3. The molecule has 2 aromatic carbocycles. The van der Waals surface area contributed by atoms with Crippen LogP contribution in [0.5, 0.6) is 5.75 Å². The third kappa shape index (κ3) is 8.10. The minimum Gasteiger partial charge on any atom is -0.487 e. The van der Waals surface area contributed by atoms with Gasteiger partial charge in [0.25, 0.3) is 0 Å². The van der Waals surface area contributed by atoms with E-state index < -0.39 is 0 Å². The maximum atomic E-state index is 11.4. The Kier molecular flexibility index (Phi) is 10.5. The number of hydrogen-bond acceptors (Lipinski definition) is 7. The number of nitrogens with one attached hydrogen (secondary N) is 3. The maximum Gasteiger partial charge on any atom is 0.146 e. The Labute approximate surface area is 230 Å². The van der Waals surface area contributed by atoms with Crippen LogP contribution >= 0.6 is 0 Å². The number of nitrogens with two attached hydrogens (primary N) is 2. The summed E-state index contributed by atoms with van der Waals surface area (Å²) in [5, 5.41) is 21.7. The molecule has 1 aromatic heterocycles. The number of ether oxygens (including phenoxy) is 1. The highest BCUT2D eigenvalue weighted by Crippen LogP contribution is 2.44. The zero-order valence-corrected chi connectivity index (χ0v) is 23.0. The number of benzene rings is 2. The molecule has 206 valence electrons. The summed E-state index contributed by atoms with van der Waals surface area (Å²) in [5.74, 6) is 1.07. The number of aryl methyl sites for hydroxylation is 1. The molecule has 9 nitrogen and oxygen atoms in total. The topological polar surface area (TPSA) is 163 Å². The smallest absolute Gasteiger partial charge is 0.146 e. The predicted octanol–water partition coefficient (Wildman–Crippen LogP) is 5.75. The molecule has 0 radical (unpaired) electrons. The summed E-state index contributed by atoms with van der Waals surface area (Å²) >= 11 is 0. The molecule has 39 heavy (non-hydrogen) atoms. The number of hydrogen-bond donors (Lipinski definition) is 5. The highest BCUT2D eigenvalue weighted by molar-refractivity contribution is 5.95. The van der Waals surface area contributed by atoms with E-state index in [0.29, 0.717) is 42.4 Å². The average Bonchev–Trinajstić information content (AvgIpc) is 3.76. The average molecular weight is 530 g/mol. The Morgan fingerprint density at radius 3 is 2.08 bits per heavy atom. The van der Waals surface area contributed by atoms with Gasteiger partial charge in [-0.3, -0.25) is 15.8 Å². The zero-order chi connectivity index (χ0) is 28.4. The molecule has 1 aliphatic carbocycles. The van der Waals surface area contributed by atoms with E-state index in [0.717, 1.165) is 46.6 Å². The molecule has 0 saturated heterocycles. The molecule has 0 bridgehead atoms. The molecule has 4 rings (SSSR count). The van der Waals surface area contributed by atoms with E-state index in [1.165, 1.54) is 6.42 Å². The van der Waals surface area contributed by atoms with E-state index in [9.17, 15) is 4.91 Å². The van der Waals surface area contributed by atoms with Crippen molar-refractivity contribution in [1.29, 1.82) is 10.8 Å². The van der Waals surface area contributed by atoms with Crippen molar-refractivity contribution in [3.8, 4) is 5.75 Å². The second kappa shape index (κ2) is 14.0. The number of pyridine rings is 1. The minimum atomic E-state index is 0.0182. The van der Waals surface area contributed by atoms with Gasteiger partial charge in [0.15, 0.2) is 0 Å². The Hall–Kier alpha value is -4.27. The van der Waals surface area contributed by atoms with Gasteiger partial charge in [-0.2, -0.15) is 4.91 Å². The van der Waals surface area contributed by atoms with Crippen LogP contribution in [0.1, 0.15) is 78.2 Å². The number of anilines is 1. The fourth-order valence-corrected chi connectivity index (χ4v) is 4.24. The second-order valence-electron chi connectivity index (χ2n) is 9.70. The van der Waals surface area contributed by atoms with Crippen molar-refractivity contribution in [3.05, 3.63) is 92.6 Å². The van der Waals surface area contributed by atoms with Gasteiger partial charge in [-0.15, -0.1) is 0 Å². The highest BCUT2D eigenvalue weighted by atomic mass is 16.5. The van der Waals surface area contributed by atoms with Gasteiger partial charge in [-0.25, -0.2) is 0 Å². The fourth-order valence-electron chi connectivity index (χ4n) is 4.24. The van der Waals surface area contributed by atoms with Crippen molar-refractivity contribution in [3.63, 3.8) is 0 Å². The van der Waals surface area contributed by atoms with E-state index in [1.54, 1.807) is 12.1 Å². The van der Waals surface area contributed by atoms with Crippen LogP contribution in [0.2, 0.25) is 0 Å². The van der Waals surface area contributed by atoms with Crippen LogP contribution in [-0.2, 0) is 19.6 Å². The van der Waals surface area contributed by atoms with Gasteiger partial charge < -0.3 is 21.5 Å². The van der Waals surface area contributed by atoms with Crippen molar-refractivity contribution in [2.45, 2.75) is 65.5 Å². The Morgan fingerprint density at radius 1 is 1.00 bits per heavy atom. The molecule has 0 amide bonds. The van der Waals surface area contributed by atoms with Gasteiger partial charge in [0.2, 0.25) is 0 Å². The van der Waals surface area contributed by atoms with E-state index in [-0.39, 0.29) is 18.2 Å². The van der Waals surface area contributed by atoms with Gasteiger partial charge in [0.1, 0.15) is 30.6 Å². The molecule has 0 unspecified atom stereocenters. The Balaban J connectivity index is 0.00000134. The third-order valence-electron chi connectivity index (χ3n) is 6.30. The third-order valence-corrected chi connectivity index (χ3v) is 6.30. The second-order valence-corrected chi connectivity index (χ2v) is 9.70. The van der Waals surface area contributed by atoms with Crippen molar-refractivity contribution >= 4 is 17.4 Å². The summed E-state index contributed by atoms with van der Waals surface area (Å²) in [6, 6.07) is 14.7. The molecular formula is C30H39N7O2. The molecule has 1 heterocycles. The number of aromatic nitrogens is 1. The van der Waals surface area contributed by atoms with Gasteiger partial charge in [0.05, 0.1) is 5.69 Å². The summed E-state index contributed by atoms with van der Waals surface area (Å²) in [6.45, 7) is 7.12. The van der Waals surface area contributed by atoms with Crippen molar-refractivity contribution in [1.82, 2.24) is 4.98 Å². The number of nitrogens with zero attached hydrogens (tertiary/aromatic N) is 2. The van der Waals surface area contributed by atoms with E-state index >= 15 is 0 Å². The molecule has 1 saturated carbocycles. The lowest BCUT2D eigenvalue weighted by molar-refractivity contribution is 0.298. The van der Waals surface area contributed by atoms with Gasteiger partial charge in [-0.05, 0) is 61.6 Å². The van der Waals surface area contributed by atoms with Crippen molar-refractivity contribution in [2.75, 3.05) is 11.9 Å². The first-order valence-electron chi connectivity index (χ1n) is 13.3. The predicted molar refractivity (Wildman–Crippen MR) is 158 cm³/mol. The van der Waals surface area contributed by atoms with E-state index in [2.05, 4.69) is 24.3 Å². The van der Waals surface area contributed by atoms with Crippen molar-refractivity contribution in [2.24, 2.45) is 16.6 Å². The van der Waals surface area contributed by atoms with E-state index in [4.69, 9.17) is 32.0 Å². The molecule has 3 aromatic rings. The van der Waals surface area contributed by atoms with Crippen LogP contribution in [0.4, 0.5) is 5.69 Å². The quantitative estimate of drug-likeness (QED) is 0.114. The lowest BCUT2D eigenvalue weighted by Crippen LogP contribution is -2.14. The summed E-state index contributed by atoms with van der Waals surface area (Å²) in [4.78, 5) is 16.3. The van der Waals surface area contributed by atoms with Crippen LogP contribution in [0.3, 0.4) is 0 Å². The highest BCUT2D eigenvalue weighted by Gasteiger charge is 2.31. The molecule has 1 fully saturated rings. The number of nitroso groups, excluding NO2 is 1. The summed E-state index contributed by atoms with van der Waals surface area (Å²) in [7, 11) is 0. The molecule has 7 N–H and O–H groups in total. The SMILES string of the molecule is CCC.Cc1nc(C2CC2)c(CCNc2ccc(C(=N)N)cc2)c(CN=O)c1OCc1ccc(C(=N)N)cc1. The Morgan fingerprint density at radius 2 is 1.56 bits per heavy atom. The summed E-state index contributed by atoms with van der Waals surface area (Å²) < 4.78 is 6.20. The molecular weight excluding hydrogens is 490 g/mol. The first-order chi connectivity index (χ1) is 18.8. The molecule has 0 spiro atoms. The van der Waals surface area contributed by atoms with E-state index in [1.807, 2.05) is 43.3 Å². The van der Waals surface area contributed by atoms with Crippen LogP contribution in [-0.4, -0.2) is 23.2 Å². The monoisotopic (exact) mass is 529 g/mol. The summed E-state index contributed by atoms with van der Waals surface area (Å²) in [6.07, 6.45) is 4.11. The van der Waals surface area contributed by atoms with Crippen LogP contribution in [0.25, 0.3) is 0 Å². The van der Waals surface area contributed by atoms with Gasteiger partial charge in [-0.1, -0.05) is 49.7 Å². The Bertz CT molecular complexity index is 1280. The minimum absolute atomic E-state index is 0.0182. The largest absolute Gasteiger partial charge is 0.487 e. The van der Waals surface area contributed by atoms with Crippen LogP contribution in [0, 0.1) is 22.6 Å². The molecule has 9 heteroatoms. The molecule has 0 aliphatic heterocycles. The zero-order valence-electron chi connectivity index (χ0n) is 23.0. The van der Waals surface area contributed by atoms with Crippen LogP contribution in [0.15, 0.2) is 53.7 Å². The number of nitrogen functional groups attached to an aromatic ring is 2. The first kappa shape index (κ1) is 29.3. The molecule has 1 aliphatic rings. The van der Waals surface area contributed by atoms with Crippen molar-refractivity contribution < 1.29 is 4.74 Å². The number of rotatable bonds is 12. The van der Waals surface area contributed by atoms with Gasteiger partial charge in [0, 0.05) is 40.5 Å². The van der Waals surface area contributed by atoms with Gasteiger partial charge >= 0.3 is 0 Å². The standard InChI is InChI=1S/C27H31N7O2.C3H8/c1-16-25(36-15-17-2-4-19(5-3-17)26(28)29)23(14-33-35)22(24(34-16)18-6-7-18)12-13-32-21-10-8-20(9-11-21)27(30)31;1-3-2/h2-5,8-11,18,32H,6-7,12-15H2,1H3,(H3,28,29)(H3,30,31);3H2,1-2H3. The normalized spacial score (nSPS) is 12.2. The lowest BCUT2D eigenvalue weighted by Gasteiger charge is -2.20. The molecule has 0 atom stereocenters. The fraction of sp³-hybridized carbons (Fsp3) is 0.367. The maximum absolute atomic E-state index is 11.4. The van der Waals surface area contributed by atoms with Crippen LogP contribution < -0.4 is 21.5 Å². The number of amidine groups is 2.